The van der Waals surface area contributed by atoms with Crippen molar-refractivity contribution in [3.05, 3.63) is 34.3 Å². The van der Waals surface area contributed by atoms with Crippen molar-refractivity contribution in [2.75, 3.05) is 40.4 Å². The Hall–Kier alpha value is -1.07. The van der Waals surface area contributed by atoms with E-state index in [4.69, 9.17) is 4.74 Å². The van der Waals surface area contributed by atoms with E-state index >= 15 is 0 Å². The maximum absolute atomic E-state index is 5.44. The minimum absolute atomic E-state index is 0.630. The highest BCUT2D eigenvalue weighted by molar-refractivity contribution is 9.10. The van der Waals surface area contributed by atoms with Crippen LogP contribution in [-0.2, 0) is 11.2 Å². The molecule has 0 amide bonds. The van der Waals surface area contributed by atoms with Gasteiger partial charge in [0, 0.05) is 44.2 Å². The molecule has 0 aliphatic carbocycles. The van der Waals surface area contributed by atoms with Gasteiger partial charge in [-0.05, 0) is 37.0 Å². The molecule has 1 aromatic rings. The van der Waals surface area contributed by atoms with Gasteiger partial charge in [-0.25, -0.2) is 0 Å². The summed E-state index contributed by atoms with van der Waals surface area (Å²) in [7, 11) is 3.94. The lowest BCUT2D eigenvalue weighted by Gasteiger charge is -2.24. The van der Waals surface area contributed by atoms with E-state index in [2.05, 4.69) is 62.5 Å². The second-order valence-electron chi connectivity index (χ2n) is 5.82. The van der Waals surface area contributed by atoms with Crippen molar-refractivity contribution in [1.82, 2.24) is 10.2 Å². The zero-order chi connectivity index (χ0) is 15.8. The van der Waals surface area contributed by atoms with E-state index in [-0.39, 0.29) is 0 Å². The van der Waals surface area contributed by atoms with E-state index in [1.54, 1.807) is 0 Å². The SMILES string of the molecule is CN=C(NCCCc1cccc(Br)c1)N(C)CC1CCOC1. The number of nitrogens with one attached hydrogen (secondary N) is 1. The molecule has 1 aliphatic heterocycles. The molecular formula is C17H26BrN3O. The maximum Gasteiger partial charge on any atom is 0.193 e. The number of benzene rings is 1. The zero-order valence-corrected chi connectivity index (χ0v) is 15.1. The van der Waals surface area contributed by atoms with Crippen molar-refractivity contribution in [3.63, 3.8) is 0 Å². The number of hydrogen-bond donors (Lipinski definition) is 1. The fourth-order valence-corrected chi connectivity index (χ4v) is 3.22. The largest absolute Gasteiger partial charge is 0.381 e. The van der Waals surface area contributed by atoms with Crippen LogP contribution in [0.25, 0.3) is 0 Å². The summed E-state index contributed by atoms with van der Waals surface area (Å²) >= 11 is 3.51. The van der Waals surface area contributed by atoms with Crippen LogP contribution in [0.3, 0.4) is 0 Å². The average Bonchev–Trinajstić information content (AvgIpc) is 3.00. The molecule has 5 heteroatoms. The Morgan fingerprint density at radius 1 is 1.50 bits per heavy atom. The molecule has 2 rings (SSSR count). The van der Waals surface area contributed by atoms with E-state index in [0.717, 1.165) is 56.0 Å². The fraction of sp³-hybridized carbons (Fsp3) is 0.588. The first-order valence-corrected chi connectivity index (χ1v) is 8.72. The second kappa shape index (κ2) is 9.16. The number of rotatable bonds is 6. The minimum atomic E-state index is 0.630. The molecule has 1 N–H and O–H groups in total. The third kappa shape index (κ3) is 5.61. The molecule has 1 aromatic carbocycles. The Kier molecular flexibility index (Phi) is 7.19. The molecule has 22 heavy (non-hydrogen) atoms. The molecule has 0 radical (unpaired) electrons. The predicted molar refractivity (Wildman–Crippen MR) is 95.4 cm³/mol. The summed E-state index contributed by atoms with van der Waals surface area (Å²) in [5.41, 5.74) is 1.36. The third-order valence-electron chi connectivity index (χ3n) is 3.94. The van der Waals surface area contributed by atoms with Gasteiger partial charge in [0.1, 0.15) is 0 Å². The quantitative estimate of drug-likeness (QED) is 0.477. The second-order valence-corrected chi connectivity index (χ2v) is 6.73. The molecular weight excluding hydrogens is 342 g/mol. The topological polar surface area (TPSA) is 36.9 Å². The van der Waals surface area contributed by atoms with E-state index < -0.39 is 0 Å². The first kappa shape index (κ1) is 17.3. The molecule has 4 nitrogen and oxygen atoms in total. The van der Waals surface area contributed by atoms with Crippen LogP contribution in [-0.4, -0.2) is 51.3 Å². The van der Waals surface area contributed by atoms with Crippen LogP contribution in [0.2, 0.25) is 0 Å². The summed E-state index contributed by atoms with van der Waals surface area (Å²) in [4.78, 5) is 6.58. The van der Waals surface area contributed by atoms with Crippen LogP contribution in [0.15, 0.2) is 33.7 Å². The van der Waals surface area contributed by atoms with Crippen molar-refractivity contribution < 1.29 is 4.74 Å². The zero-order valence-electron chi connectivity index (χ0n) is 13.5. The summed E-state index contributed by atoms with van der Waals surface area (Å²) in [6.45, 7) is 3.72. The van der Waals surface area contributed by atoms with Crippen LogP contribution < -0.4 is 5.32 Å². The number of halogens is 1. The van der Waals surface area contributed by atoms with Crippen LogP contribution >= 0.6 is 15.9 Å². The standard InChI is InChI=1S/C17H26BrN3O/c1-19-17(21(2)12-15-8-10-22-13-15)20-9-4-6-14-5-3-7-16(18)11-14/h3,5,7,11,15H,4,6,8-10,12-13H2,1-2H3,(H,19,20). The predicted octanol–water partition coefficient (Wildman–Crippen LogP) is 2.93. The molecule has 1 aliphatic rings. The Morgan fingerprint density at radius 2 is 2.36 bits per heavy atom. The molecule has 0 bridgehead atoms. The lowest BCUT2D eigenvalue weighted by atomic mass is 10.1. The normalized spacial score (nSPS) is 18.5. The Bertz CT molecular complexity index is 487. The van der Waals surface area contributed by atoms with Crippen LogP contribution in [0.5, 0.6) is 0 Å². The summed E-state index contributed by atoms with van der Waals surface area (Å²) in [5.74, 6) is 1.60. The molecule has 1 saturated heterocycles. The number of ether oxygens (including phenoxy) is 1. The first-order valence-electron chi connectivity index (χ1n) is 7.93. The highest BCUT2D eigenvalue weighted by Gasteiger charge is 2.18. The van der Waals surface area contributed by atoms with Gasteiger partial charge in [-0.1, -0.05) is 28.1 Å². The van der Waals surface area contributed by atoms with Crippen molar-refractivity contribution in [3.8, 4) is 0 Å². The molecule has 0 aromatic heterocycles. The smallest absolute Gasteiger partial charge is 0.193 e. The Balaban J connectivity index is 1.69. The summed E-state index contributed by atoms with van der Waals surface area (Å²) in [6, 6.07) is 8.50. The lowest BCUT2D eigenvalue weighted by molar-refractivity contribution is 0.181. The molecule has 1 atom stereocenters. The molecule has 1 unspecified atom stereocenters. The number of aliphatic imine (C=N–C) groups is 1. The van der Waals surface area contributed by atoms with Crippen LogP contribution in [0, 0.1) is 5.92 Å². The summed E-state index contributed by atoms with van der Waals surface area (Å²) < 4.78 is 6.58. The van der Waals surface area contributed by atoms with E-state index in [1.165, 1.54) is 5.56 Å². The summed E-state index contributed by atoms with van der Waals surface area (Å²) in [5, 5.41) is 3.45. The van der Waals surface area contributed by atoms with E-state index in [1.807, 2.05) is 7.05 Å². The first-order chi connectivity index (χ1) is 10.7. The maximum atomic E-state index is 5.44. The van der Waals surface area contributed by atoms with Gasteiger partial charge in [0.15, 0.2) is 5.96 Å². The van der Waals surface area contributed by atoms with E-state index in [0.29, 0.717) is 5.92 Å². The summed E-state index contributed by atoms with van der Waals surface area (Å²) in [6.07, 6.45) is 3.32. The van der Waals surface area contributed by atoms with Crippen molar-refractivity contribution in [2.45, 2.75) is 19.3 Å². The molecule has 1 fully saturated rings. The lowest BCUT2D eigenvalue weighted by Crippen LogP contribution is -2.41. The molecule has 122 valence electrons. The van der Waals surface area contributed by atoms with Gasteiger partial charge >= 0.3 is 0 Å². The monoisotopic (exact) mass is 367 g/mol. The van der Waals surface area contributed by atoms with Gasteiger partial charge in [-0.3, -0.25) is 4.99 Å². The number of nitrogens with zero attached hydrogens (tertiary/aromatic N) is 2. The number of aryl methyl sites for hydroxylation is 1. The number of guanidine groups is 1. The van der Waals surface area contributed by atoms with Crippen LogP contribution in [0.1, 0.15) is 18.4 Å². The Labute approximate surface area is 142 Å². The minimum Gasteiger partial charge on any atom is -0.381 e. The molecule has 1 heterocycles. The van der Waals surface area contributed by atoms with Crippen molar-refractivity contribution in [2.24, 2.45) is 10.9 Å². The van der Waals surface area contributed by atoms with Crippen molar-refractivity contribution >= 4 is 21.9 Å². The van der Waals surface area contributed by atoms with Crippen molar-refractivity contribution in [1.29, 1.82) is 0 Å². The molecule has 0 saturated carbocycles. The number of hydrogen-bond acceptors (Lipinski definition) is 2. The van der Waals surface area contributed by atoms with Crippen LogP contribution in [0.4, 0.5) is 0 Å². The van der Waals surface area contributed by atoms with Gasteiger partial charge in [-0.2, -0.15) is 0 Å². The third-order valence-corrected chi connectivity index (χ3v) is 4.44. The van der Waals surface area contributed by atoms with Gasteiger partial charge in [-0.15, -0.1) is 0 Å². The average molecular weight is 368 g/mol. The van der Waals surface area contributed by atoms with Gasteiger partial charge in [0.05, 0.1) is 6.61 Å². The highest BCUT2D eigenvalue weighted by atomic mass is 79.9. The molecule has 0 spiro atoms. The van der Waals surface area contributed by atoms with Gasteiger partial charge in [0.25, 0.3) is 0 Å². The van der Waals surface area contributed by atoms with Gasteiger partial charge in [0.2, 0.25) is 0 Å². The Morgan fingerprint density at radius 3 is 3.05 bits per heavy atom. The fourth-order valence-electron chi connectivity index (χ4n) is 2.77. The van der Waals surface area contributed by atoms with E-state index in [9.17, 15) is 0 Å². The van der Waals surface area contributed by atoms with Gasteiger partial charge < -0.3 is 15.0 Å². The highest BCUT2D eigenvalue weighted by Crippen LogP contribution is 2.14.